The van der Waals surface area contributed by atoms with E-state index in [2.05, 4.69) is 67.9 Å². The van der Waals surface area contributed by atoms with Crippen LogP contribution in [0.25, 0.3) is 11.2 Å². The highest BCUT2D eigenvalue weighted by molar-refractivity contribution is 5.76. The molecule has 154 valence electrons. The van der Waals surface area contributed by atoms with E-state index in [9.17, 15) is 0 Å². The van der Waals surface area contributed by atoms with E-state index in [-0.39, 0.29) is 0 Å². The van der Waals surface area contributed by atoms with Crippen molar-refractivity contribution in [2.24, 2.45) is 0 Å². The summed E-state index contributed by atoms with van der Waals surface area (Å²) in [7, 11) is 2.20. The molecule has 8 nitrogen and oxygen atoms in total. The van der Waals surface area contributed by atoms with Gasteiger partial charge < -0.3 is 10.6 Å². The Morgan fingerprint density at radius 1 is 1.17 bits per heavy atom. The molecular formula is C22H26N8. The SMILES string of the molecule is CN1CCC(c2cccc(Cn3cc(Cc4cc(N)nc5[nH]nnc45)cn3)c2)CC1. The minimum absolute atomic E-state index is 0.460. The van der Waals surface area contributed by atoms with E-state index in [1.165, 1.54) is 37.1 Å². The second-order valence-electron chi connectivity index (χ2n) is 8.26. The maximum absolute atomic E-state index is 5.92. The molecule has 5 rings (SSSR count). The molecule has 0 spiro atoms. The van der Waals surface area contributed by atoms with Crippen LogP contribution in [0.15, 0.2) is 42.7 Å². The van der Waals surface area contributed by atoms with Crippen LogP contribution in [-0.4, -0.2) is 55.2 Å². The lowest BCUT2D eigenvalue weighted by molar-refractivity contribution is 0.255. The molecule has 30 heavy (non-hydrogen) atoms. The monoisotopic (exact) mass is 402 g/mol. The molecule has 1 saturated heterocycles. The molecule has 0 unspecified atom stereocenters. The van der Waals surface area contributed by atoms with Crippen LogP contribution < -0.4 is 5.73 Å². The minimum atomic E-state index is 0.460. The number of piperidine rings is 1. The number of benzene rings is 1. The predicted octanol–water partition coefficient (Wildman–Crippen LogP) is 2.58. The Balaban J connectivity index is 1.30. The summed E-state index contributed by atoms with van der Waals surface area (Å²) in [6.45, 7) is 3.11. The van der Waals surface area contributed by atoms with Gasteiger partial charge in [0.2, 0.25) is 0 Å². The zero-order valence-corrected chi connectivity index (χ0v) is 17.1. The number of pyridine rings is 1. The average Bonchev–Trinajstić information content (AvgIpc) is 3.38. The van der Waals surface area contributed by atoms with Crippen LogP contribution in [0.2, 0.25) is 0 Å². The summed E-state index contributed by atoms with van der Waals surface area (Å²) in [6.07, 6.45) is 7.15. The standard InChI is InChI=1S/C22H26N8/c1-29-7-5-17(6-8-29)18-4-2-3-15(9-18)13-30-14-16(12-24-30)10-19-11-20(23)25-22-21(19)26-28-27-22/h2-4,9,11-12,14,17H,5-8,10,13H2,1H3,(H3,23,25,26,27,28). The number of hydrogen-bond acceptors (Lipinski definition) is 6. The molecular weight excluding hydrogens is 376 g/mol. The second-order valence-corrected chi connectivity index (χ2v) is 8.26. The van der Waals surface area contributed by atoms with Crippen molar-refractivity contribution in [2.45, 2.75) is 31.7 Å². The van der Waals surface area contributed by atoms with E-state index in [1.807, 2.05) is 16.9 Å². The van der Waals surface area contributed by atoms with Gasteiger partial charge in [-0.3, -0.25) is 4.68 Å². The van der Waals surface area contributed by atoms with Crippen LogP contribution in [0.3, 0.4) is 0 Å². The summed E-state index contributed by atoms with van der Waals surface area (Å²) < 4.78 is 1.99. The third-order valence-corrected chi connectivity index (χ3v) is 5.96. The van der Waals surface area contributed by atoms with Crippen LogP contribution in [0.1, 0.15) is 41.0 Å². The van der Waals surface area contributed by atoms with Crippen LogP contribution >= 0.6 is 0 Å². The Morgan fingerprint density at radius 3 is 2.90 bits per heavy atom. The fourth-order valence-corrected chi connectivity index (χ4v) is 4.34. The highest BCUT2D eigenvalue weighted by Gasteiger charge is 2.18. The Hall–Kier alpha value is -3.26. The third kappa shape index (κ3) is 3.91. The lowest BCUT2D eigenvalue weighted by atomic mass is 9.89. The van der Waals surface area contributed by atoms with Crippen molar-refractivity contribution in [3.8, 4) is 0 Å². The van der Waals surface area contributed by atoms with Crippen molar-refractivity contribution in [2.75, 3.05) is 25.9 Å². The van der Waals surface area contributed by atoms with Crippen LogP contribution in [-0.2, 0) is 13.0 Å². The summed E-state index contributed by atoms with van der Waals surface area (Å²) in [5.41, 5.74) is 12.1. The number of fused-ring (bicyclic) bond motifs is 1. The van der Waals surface area contributed by atoms with Gasteiger partial charge in [0.25, 0.3) is 0 Å². The number of hydrogen-bond donors (Lipinski definition) is 2. The lowest BCUT2D eigenvalue weighted by Gasteiger charge is -2.29. The maximum atomic E-state index is 5.92. The summed E-state index contributed by atoms with van der Waals surface area (Å²) in [5, 5.41) is 15.3. The molecule has 3 aromatic heterocycles. The highest BCUT2D eigenvalue weighted by Crippen LogP contribution is 2.28. The van der Waals surface area contributed by atoms with Gasteiger partial charge in [0, 0.05) is 12.6 Å². The molecule has 0 aliphatic carbocycles. The van der Waals surface area contributed by atoms with Crippen molar-refractivity contribution < 1.29 is 0 Å². The zero-order chi connectivity index (χ0) is 20.5. The van der Waals surface area contributed by atoms with Gasteiger partial charge >= 0.3 is 0 Å². The number of nitrogens with one attached hydrogen (secondary N) is 1. The minimum Gasteiger partial charge on any atom is -0.384 e. The van der Waals surface area contributed by atoms with E-state index in [4.69, 9.17) is 5.73 Å². The molecule has 1 aromatic carbocycles. The van der Waals surface area contributed by atoms with Gasteiger partial charge in [0.1, 0.15) is 11.3 Å². The molecule has 1 fully saturated rings. The first-order chi connectivity index (χ1) is 14.6. The van der Waals surface area contributed by atoms with Crippen LogP contribution in [0, 0.1) is 0 Å². The van der Waals surface area contributed by atoms with E-state index in [1.54, 1.807) is 0 Å². The smallest absolute Gasteiger partial charge is 0.178 e. The first kappa shape index (κ1) is 18.7. The summed E-state index contributed by atoms with van der Waals surface area (Å²) >= 11 is 0. The summed E-state index contributed by atoms with van der Waals surface area (Å²) in [6, 6.07) is 10.8. The number of rotatable bonds is 5. The molecule has 0 saturated carbocycles. The quantitative estimate of drug-likeness (QED) is 0.532. The molecule has 4 heterocycles. The predicted molar refractivity (Wildman–Crippen MR) is 116 cm³/mol. The third-order valence-electron chi connectivity index (χ3n) is 5.96. The van der Waals surface area contributed by atoms with E-state index in [0.29, 0.717) is 23.8 Å². The Kier molecular flexibility index (Phi) is 4.92. The number of nitrogens with zero attached hydrogens (tertiary/aromatic N) is 6. The van der Waals surface area contributed by atoms with Crippen molar-refractivity contribution in [1.82, 2.24) is 35.1 Å². The molecule has 1 aliphatic rings. The number of likely N-dealkylation sites (tertiary alicyclic amines) is 1. The normalized spacial score (nSPS) is 15.8. The van der Waals surface area contributed by atoms with Gasteiger partial charge in [-0.15, -0.1) is 5.10 Å². The number of aromatic nitrogens is 6. The number of aromatic amines is 1. The summed E-state index contributed by atoms with van der Waals surface area (Å²) in [4.78, 5) is 6.64. The zero-order valence-electron chi connectivity index (χ0n) is 17.1. The Morgan fingerprint density at radius 2 is 2.03 bits per heavy atom. The highest BCUT2D eigenvalue weighted by atomic mass is 15.3. The van der Waals surface area contributed by atoms with Gasteiger partial charge in [0.05, 0.1) is 12.7 Å². The number of nitrogen functional groups attached to an aromatic ring is 1. The van der Waals surface area contributed by atoms with Crippen LogP contribution in [0.4, 0.5) is 5.82 Å². The van der Waals surface area contributed by atoms with Crippen molar-refractivity contribution in [1.29, 1.82) is 0 Å². The molecule has 4 aromatic rings. The van der Waals surface area contributed by atoms with Gasteiger partial charge in [-0.2, -0.15) is 5.10 Å². The lowest BCUT2D eigenvalue weighted by Crippen LogP contribution is -2.29. The summed E-state index contributed by atoms with van der Waals surface area (Å²) in [5.74, 6) is 1.12. The Bertz CT molecular complexity index is 1150. The van der Waals surface area contributed by atoms with Crippen molar-refractivity contribution >= 4 is 17.0 Å². The molecule has 1 aliphatic heterocycles. The average molecular weight is 403 g/mol. The molecule has 0 atom stereocenters. The molecule has 3 N–H and O–H groups in total. The second kappa shape index (κ2) is 7.87. The van der Waals surface area contributed by atoms with E-state index in [0.717, 1.165) is 23.2 Å². The maximum Gasteiger partial charge on any atom is 0.178 e. The first-order valence-corrected chi connectivity index (χ1v) is 10.4. The number of anilines is 1. The fourth-order valence-electron chi connectivity index (χ4n) is 4.34. The van der Waals surface area contributed by atoms with E-state index < -0.39 is 0 Å². The molecule has 0 radical (unpaired) electrons. The van der Waals surface area contributed by atoms with Crippen LogP contribution in [0.5, 0.6) is 0 Å². The first-order valence-electron chi connectivity index (χ1n) is 10.4. The van der Waals surface area contributed by atoms with Crippen molar-refractivity contribution in [3.63, 3.8) is 0 Å². The topological polar surface area (TPSA) is 102 Å². The molecule has 8 heteroatoms. The van der Waals surface area contributed by atoms with E-state index >= 15 is 0 Å². The molecule has 0 amide bonds. The van der Waals surface area contributed by atoms with Gasteiger partial charge in [0.15, 0.2) is 5.65 Å². The molecule has 0 bridgehead atoms. The largest absolute Gasteiger partial charge is 0.384 e. The Labute approximate surface area is 175 Å². The number of H-pyrrole nitrogens is 1. The number of nitrogens with two attached hydrogens (primary N) is 1. The van der Waals surface area contributed by atoms with Crippen molar-refractivity contribution in [3.05, 3.63) is 65.0 Å². The fraction of sp³-hybridized carbons (Fsp3) is 0.364. The van der Waals surface area contributed by atoms with Gasteiger partial charge in [-0.05, 0) is 67.2 Å². The van der Waals surface area contributed by atoms with Gasteiger partial charge in [-0.25, -0.2) is 10.1 Å². The van der Waals surface area contributed by atoms with Gasteiger partial charge in [-0.1, -0.05) is 29.5 Å².